The summed E-state index contributed by atoms with van der Waals surface area (Å²) in [5.74, 6) is -0.230. The molecule has 1 unspecified atom stereocenters. The second kappa shape index (κ2) is 12.3. The zero-order valence-corrected chi connectivity index (χ0v) is 8.77. The van der Waals surface area contributed by atoms with Gasteiger partial charge in [0.15, 0.2) is 0 Å². The highest BCUT2D eigenvalue weighted by Crippen LogP contribution is 1.90. The van der Waals surface area contributed by atoms with Gasteiger partial charge in [-0.15, -0.1) is 0 Å². The Morgan fingerprint density at radius 2 is 1.93 bits per heavy atom. The van der Waals surface area contributed by atoms with Crippen LogP contribution in [0.4, 0.5) is 0 Å². The molecule has 0 bridgehead atoms. The lowest BCUT2D eigenvalue weighted by molar-refractivity contribution is -0.143. The van der Waals surface area contributed by atoms with Gasteiger partial charge in [-0.05, 0) is 20.3 Å². The maximum atomic E-state index is 10.5. The van der Waals surface area contributed by atoms with Crippen molar-refractivity contribution in [1.82, 2.24) is 0 Å². The van der Waals surface area contributed by atoms with Crippen LogP contribution in [0.5, 0.6) is 0 Å². The molecular formula is C9H20O5. The van der Waals surface area contributed by atoms with Crippen molar-refractivity contribution in [3.05, 3.63) is 0 Å². The van der Waals surface area contributed by atoms with E-state index in [4.69, 9.17) is 15.3 Å². The van der Waals surface area contributed by atoms with Gasteiger partial charge in [0.25, 0.3) is 0 Å². The highest BCUT2D eigenvalue weighted by Gasteiger charge is 1.97. The topological polar surface area (TPSA) is 87.0 Å². The summed E-state index contributed by atoms with van der Waals surface area (Å²) in [7, 11) is 0. The Morgan fingerprint density at radius 1 is 1.43 bits per heavy atom. The van der Waals surface area contributed by atoms with Gasteiger partial charge in [-0.3, -0.25) is 4.79 Å². The van der Waals surface area contributed by atoms with Crippen LogP contribution in [0.25, 0.3) is 0 Å². The minimum Gasteiger partial charge on any atom is -0.466 e. The number of aliphatic hydroxyl groups is 3. The summed E-state index contributed by atoms with van der Waals surface area (Å²) in [6, 6.07) is 0. The molecule has 0 fully saturated rings. The van der Waals surface area contributed by atoms with Gasteiger partial charge in [0.2, 0.25) is 0 Å². The molecule has 14 heavy (non-hydrogen) atoms. The first kappa shape index (κ1) is 15.8. The predicted molar refractivity (Wildman–Crippen MR) is 51.7 cm³/mol. The van der Waals surface area contributed by atoms with Crippen LogP contribution in [0, 0.1) is 0 Å². The summed E-state index contributed by atoms with van der Waals surface area (Å²) >= 11 is 0. The van der Waals surface area contributed by atoms with Gasteiger partial charge in [0.1, 0.15) is 0 Å². The van der Waals surface area contributed by atoms with E-state index in [0.29, 0.717) is 19.4 Å². The second-order valence-corrected chi connectivity index (χ2v) is 2.66. The van der Waals surface area contributed by atoms with Crippen molar-refractivity contribution in [2.24, 2.45) is 0 Å². The Balaban J connectivity index is 0. The first-order chi connectivity index (χ1) is 6.58. The zero-order valence-electron chi connectivity index (χ0n) is 8.77. The Bertz CT molecular complexity index is 124. The van der Waals surface area contributed by atoms with Crippen LogP contribution in [0.2, 0.25) is 0 Å². The molecule has 0 rings (SSSR count). The minimum absolute atomic E-state index is 0.0544. The number of carbonyl (C=O) groups excluding carboxylic acids is 1. The van der Waals surface area contributed by atoms with Crippen LogP contribution < -0.4 is 0 Å². The lowest BCUT2D eigenvalue weighted by Gasteiger charge is -1.97. The largest absolute Gasteiger partial charge is 0.466 e. The third-order valence-electron chi connectivity index (χ3n) is 1.11. The quantitative estimate of drug-likeness (QED) is 0.539. The molecule has 0 aliphatic carbocycles. The van der Waals surface area contributed by atoms with E-state index >= 15 is 0 Å². The summed E-state index contributed by atoms with van der Waals surface area (Å²) in [5.41, 5.74) is 0. The van der Waals surface area contributed by atoms with Gasteiger partial charge in [-0.25, -0.2) is 0 Å². The lowest BCUT2D eigenvalue weighted by atomic mass is 10.3. The number of carbonyl (C=O) groups is 1. The smallest absolute Gasteiger partial charge is 0.305 e. The van der Waals surface area contributed by atoms with E-state index < -0.39 is 6.10 Å². The lowest BCUT2D eigenvalue weighted by Crippen LogP contribution is -2.03. The van der Waals surface area contributed by atoms with E-state index in [9.17, 15) is 4.79 Å². The first-order valence-electron chi connectivity index (χ1n) is 4.63. The van der Waals surface area contributed by atoms with Crippen molar-refractivity contribution in [2.75, 3.05) is 19.8 Å². The van der Waals surface area contributed by atoms with E-state index in [1.807, 2.05) is 0 Å². The molecule has 0 aliphatic heterocycles. The standard InChI is InChI=1S/C6H12O3.C3H8O2/c1-2-9-6(8)4-3-5-7;1-3(5)2-4/h7H,2-5H2,1H3;3-5H,2H2,1H3. The average molecular weight is 208 g/mol. The molecule has 5 heteroatoms. The van der Waals surface area contributed by atoms with Gasteiger partial charge < -0.3 is 20.1 Å². The molecule has 0 saturated heterocycles. The van der Waals surface area contributed by atoms with Crippen molar-refractivity contribution in [2.45, 2.75) is 32.8 Å². The van der Waals surface area contributed by atoms with Gasteiger partial charge in [-0.1, -0.05) is 0 Å². The molecule has 3 N–H and O–H groups in total. The van der Waals surface area contributed by atoms with Gasteiger partial charge in [0.05, 0.1) is 19.3 Å². The Hall–Kier alpha value is -0.650. The van der Waals surface area contributed by atoms with Gasteiger partial charge in [0, 0.05) is 13.0 Å². The van der Waals surface area contributed by atoms with Crippen molar-refractivity contribution >= 4 is 5.97 Å². The molecule has 86 valence electrons. The SMILES string of the molecule is CC(O)CO.CCOC(=O)CCCO. The fourth-order valence-electron chi connectivity index (χ4n) is 0.457. The Morgan fingerprint density at radius 3 is 2.21 bits per heavy atom. The fraction of sp³-hybridized carbons (Fsp3) is 0.889. The number of esters is 1. The molecule has 0 aromatic heterocycles. The van der Waals surface area contributed by atoms with Gasteiger partial charge in [-0.2, -0.15) is 0 Å². The van der Waals surface area contributed by atoms with Gasteiger partial charge >= 0.3 is 5.97 Å². The number of hydrogen-bond donors (Lipinski definition) is 3. The number of rotatable bonds is 5. The normalized spacial score (nSPS) is 11.2. The van der Waals surface area contributed by atoms with E-state index in [1.165, 1.54) is 6.92 Å². The maximum Gasteiger partial charge on any atom is 0.305 e. The molecule has 0 saturated carbocycles. The molecular weight excluding hydrogens is 188 g/mol. The van der Waals surface area contributed by atoms with Crippen LogP contribution in [0.1, 0.15) is 26.7 Å². The van der Waals surface area contributed by atoms with E-state index in [2.05, 4.69) is 4.74 Å². The van der Waals surface area contributed by atoms with Crippen LogP contribution in [-0.2, 0) is 9.53 Å². The second-order valence-electron chi connectivity index (χ2n) is 2.66. The Labute approximate surface area is 84.3 Å². The maximum absolute atomic E-state index is 10.5. The fourth-order valence-corrected chi connectivity index (χ4v) is 0.457. The molecule has 0 amide bonds. The van der Waals surface area contributed by atoms with E-state index in [-0.39, 0.29) is 19.2 Å². The number of ether oxygens (including phenoxy) is 1. The zero-order chi connectivity index (χ0) is 11.4. The highest BCUT2D eigenvalue weighted by atomic mass is 16.5. The van der Waals surface area contributed by atoms with E-state index in [0.717, 1.165) is 0 Å². The molecule has 0 aliphatic rings. The van der Waals surface area contributed by atoms with Crippen molar-refractivity contribution < 1.29 is 24.9 Å². The van der Waals surface area contributed by atoms with Crippen LogP contribution in [0.3, 0.4) is 0 Å². The summed E-state index contributed by atoms with van der Waals surface area (Å²) in [5, 5.41) is 24.3. The average Bonchev–Trinajstić information content (AvgIpc) is 2.16. The monoisotopic (exact) mass is 208 g/mol. The van der Waals surface area contributed by atoms with Crippen molar-refractivity contribution in [1.29, 1.82) is 0 Å². The molecule has 0 aromatic carbocycles. The van der Waals surface area contributed by atoms with E-state index in [1.54, 1.807) is 6.92 Å². The molecule has 0 spiro atoms. The highest BCUT2D eigenvalue weighted by molar-refractivity contribution is 5.69. The molecule has 5 nitrogen and oxygen atoms in total. The molecule has 0 radical (unpaired) electrons. The van der Waals surface area contributed by atoms with Crippen LogP contribution in [-0.4, -0.2) is 47.2 Å². The minimum atomic E-state index is -0.560. The summed E-state index contributed by atoms with van der Waals surface area (Å²) in [6.07, 6.45) is 0.262. The van der Waals surface area contributed by atoms with Crippen LogP contribution >= 0.6 is 0 Å². The molecule has 0 aromatic rings. The molecule has 0 heterocycles. The third-order valence-corrected chi connectivity index (χ3v) is 1.11. The number of aliphatic hydroxyl groups excluding tert-OH is 3. The summed E-state index contributed by atoms with van der Waals surface area (Å²) in [4.78, 5) is 10.5. The predicted octanol–water partition coefficient (Wildman–Crippen LogP) is -0.319. The van der Waals surface area contributed by atoms with Crippen LogP contribution in [0.15, 0.2) is 0 Å². The number of hydrogen-bond acceptors (Lipinski definition) is 5. The van der Waals surface area contributed by atoms with Crippen molar-refractivity contribution in [3.63, 3.8) is 0 Å². The summed E-state index contributed by atoms with van der Waals surface area (Å²) < 4.78 is 4.59. The summed E-state index contributed by atoms with van der Waals surface area (Å²) in [6.45, 7) is 3.62. The third kappa shape index (κ3) is 17.4. The molecule has 1 atom stereocenters. The Kier molecular flexibility index (Phi) is 13.9. The first-order valence-corrected chi connectivity index (χ1v) is 4.63. The van der Waals surface area contributed by atoms with Crippen molar-refractivity contribution in [3.8, 4) is 0 Å².